The van der Waals surface area contributed by atoms with Crippen molar-refractivity contribution < 1.29 is 19.4 Å². The zero-order valence-electron chi connectivity index (χ0n) is 11.9. The zero-order valence-corrected chi connectivity index (χ0v) is 11.9. The summed E-state index contributed by atoms with van der Waals surface area (Å²) in [6.45, 7) is 1.82. The van der Waals surface area contributed by atoms with Gasteiger partial charge in [-0.15, -0.1) is 0 Å². The summed E-state index contributed by atoms with van der Waals surface area (Å²) >= 11 is 0. The average molecular weight is 280 g/mol. The molecular formula is C14H20N2O4. The molecule has 0 aliphatic rings. The number of benzene rings is 1. The van der Waals surface area contributed by atoms with Crippen LogP contribution in [-0.4, -0.2) is 55.2 Å². The molecule has 110 valence electrons. The monoisotopic (exact) mass is 280 g/mol. The second-order valence-corrected chi connectivity index (χ2v) is 4.48. The minimum Gasteiger partial charge on any atom is -0.449 e. The molecule has 1 aromatic carbocycles. The van der Waals surface area contributed by atoms with Crippen molar-refractivity contribution in [2.75, 3.05) is 32.6 Å². The Kier molecular flexibility index (Phi) is 5.99. The minimum atomic E-state index is -0.844. The van der Waals surface area contributed by atoms with Crippen LogP contribution < -0.4 is 5.32 Å². The molecular weight excluding hydrogens is 260 g/mol. The molecule has 2 N–H and O–H groups in total. The van der Waals surface area contributed by atoms with Gasteiger partial charge in [0.2, 0.25) is 0 Å². The number of carbonyl (C=O) groups is 2. The molecule has 0 spiro atoms. The van der Waals surface area contributed by atoms with Crippen LogP contribution in [0.5, 0.6) is 0 Å². The van der Waals surface area contributed by atoms with Crippen molar-refractivity contribution >= 4 is 17.6 Å². The largest absolute Gasteiger partial charge is 0.449 e. The van der Waals surface area contributed by atoms with Gasteiger partial charge in [-0.2, -0.15) is 0 Å². The number of rotatable bonds is 6. The van der Waals surface area contributed by atoms with E-state index in [-0.39, 0.29) is 12.5 Å². The van der Waals surface area contributed by atoms with E-state index in [0.717, 1.165) is 0 Å². The van der Waals surface area contributed by atoms with E-state index in [1.54, 1.807) is 38.4 Å². The first-order chi connectivity index (χ1) is 9.47. The highest BCUT2D eigenvalue weighted by Gasteiger charge is 2.21. The van der Waals surface area contributed by atoms with Gasteiger partial charge in [0, 0.05) is 26.3 Å². The summed E-state index contributed by atoms with van der Waals surface area (Å²) in [5, 5.41) is 11.7. The van der Waals surface area contributed by atoms with Crippen LogP contribution in [0.1, 0.15) is 17.3 Å². The summed E-state index contributed by atoms with van der Waals surface area (Å²) in [5.41, 5.74) is 0.899. The fourth-order valence-electron chi connectivity index (χ4n) is 1.64. The molecule has 0 fully saturated rings. The van der Waals surface area contributed by atoms with Gasteiger partial charge >= 0.3 is 5.97 Å². The van der Waals surface area contributed by atoms with E-state index in [1.807, 2.05) is 0 Å². The Hall–Kier alpha value is -2.08. The van der Waals surface area contributed by atoms with Crippen molar-refractivity contribution in [3.63, 3.8) is 0 Å². The van der Waals surface area contributed by atoms with Crippen LogP contribution in [0.2, 0.25) is 0 Å². The Morgan fingerprint density at radius 3 is 2.60 bits per heavy atom. The minimum absolute atomic E-state index is 0.0428. The molecule has 6 nitrogen and oxygen atoms in total. The molecule has 0 saturated carbocycles. The van der Waals surface area contributed by atoms with Gasteiger partial charge in [0.1, 0.15) is 0 Å². The summed E-state index contributed by atoms with van der Waals surface area (Å²) in [6, 6.07) is 6.80. The van der Waals surface area contributed by atoms with Crippen molar-refractivity contribution in [3.05, 3.63) is 29.8 Å². The van der Waals surface area contributed by atoms with Gasteiger partial charge in [0.25, 0.3) is 5.91 Å². The highest BCUT2D eigenvalue weighted by Crippen LogP contribution is 2.16. The Bertz CT molecular complexity index is 474. The molecule has 1 rings (SSSR count). The third kappa shape index (κ3) is 4.24. The number of hydrogen-bond donors (Lipinski definition) is 2. The van der Waals surface area contributed by atoms with Crippen LogP contribution in [0.15, 0.2) is 24.3 Å². The van der Waals surface area contributed by atoms with Crippen LogP contribution in [-0.2, 0) is 9.53 Å². The molecule has 20 heavy (non-hydrogen) atoms. The third-order valence-corrected chi connectivity index (χ3v) is 2.65. The number of nitrogens with one attached hydrogen (secondary N) is 1. The second-order valence-electron chi connectivity index (χ2n) is 4.48. The lowest BCUT2D eigenvalue weighted by molar-refractivity contribution is -0.137. The lowest BCUT2D eigenvalue weighted by Crippen LogP contribution is -2.35. The van der Waals surface area contributed by atoms with E-state index < -0.39 is 12.1 Å². The second kappa shape index (κ2) is 7.49. The number of anilines is 1. The third-order valence-electron chi connectivity index (χ3n) is 2.65. The van der Waals surface area contributed by atoms with Gasteiger partial charge in [-0.05, 0) is 19.1 Å². The normalized spacial score (nSPS) is 11.6. The standard InChI is InChI=1S/C14H20N2O4/c1-10(13(18)16(2)3)20-14(19)11-6-4-5-7-12(11)15-8-9-17/h4-7,10,15,17H,8-9H2,1-3H3/t10-/m1/s1. The predicted octanol–water partition coefficient (Wildman–Crippen LogP) is 0.724. The SMILES string of the molecule is C[C@@H](OC(=O)c1ccccc1NCCO)C(=O)N(C)C. The van der Waals surface area contributed by atoms with Crippen LogP contribution >= 0.6 is 0 Å². The molecule has 0 heterocycles. The maximum Gasteiger partial charge on any atom is 0.341 e. The molecule has 6 heteroatoms. The summed E-state index contributed by atoms with van der Waals surface area (Å²) in [7, 11) is 3.20. The molecule has 0 bridgehead atoms. The number of aliphatic hydroxyl groups is 1. The van der Waals surface area contributed by atoms with Gasteiger partial charge in [0.05, 0.1) is 12.2 Å². The lowest BCUT2D eigenvalue weighted by Gasteiger charge is -2.18. The quantitative estimate of drug-likeness (QED) is 0.751. The van der Waals surface area contributed by atoms with Gasteiger partial charge in [-0.25, -0.2) is 4.79 Å². The van der Waals surface area contributed by atoms with E-state index in [1.165, 1.54) is 11.8 Å². The molecule has 0 radical (unpaired) electrons. The summed E-state index contributed by atoms with van der Waals surface area (Å²) in [6.07, 6.45) is -0.844. The molecule has 1 aromatic rings. The van der Waals surface area contributed by atoms with Crippen molar-refractivity contribution in [1.29, 1.82) is 0 Å². The molecule has 1 amide bonds. The number of ether oxygens (including phenoxy) is 1. The molecule has 0 aliphatic carbocycles. The number of hydrogen-bond acceptors (Lipinski definition) is 5. The molecule has 0 aliphatic heterocycles. The molecule has 1 atom stereocenters. The number of likely N-dealkylation sites (N-methyl/N-ethyl adjacent to an activating group) is 1. The smallest absolute Gasteiger partial charge is 0.341 e. The average Bonchev–Trinajstić information content (AvgIpc) is 2.44. The van der Waals surface area contributed by atoms with Crippen molar-refractivity contribution in [2.45, 2.75) is 13.0 Å². The molecule has 0 unspecified atom stereocenters. The van der Waals surface area contributed by atoms with E-state index >= 15 is 0 Å². The number of aliphatic hydroxyl groups excluding tert-OH is 1. The van der Waals surface area contributed by atoms with Crippen LogP contribution in [0.3, 0.4) is 0 Å². The Balaban J connectivity index is 2.79. The number of nitrogens with zero attached hydrogens (tertiary/aromatic N) is 1. The van der Waals surface area contributed by atoms with Crippen LogP contribution in [0.4, 0.5) is 5.69 Å². The number of amides is 1. The number of para-hydroxylation sites is 1. The van der Waals surface area contributed by atoms with E-state index in [0.29, 0.717) is 17.8 Å². The first kappa shape index (κ1) is 16.0. The van der Waals surface area contributed by atoms with Crippen LogP contribution in [0, 0.1) is 0 Å². The molecule has 0 aromatic heterocycles. The maximum atomic E-state index is 12.1. The Labute approximate surface area is 118 Å². The lowest BCUT2D eigenvalue weighted by atomic mass is 10.1. The number of carbonyl (C=O) groups excluding carboxylic acids is 2. The first-order valence-electron chi connectivity index (χ1n) is 6.33. The first-order valence-corrected chi connectivity index (χ1v) is 6.33. The van der Waals surface area contributed by atoms with Crippen LogP contribution in [0.25, 0.3) is 0 Å². The summed E-state index contributed by atoms with van der Waals surface area (Å²) in [4.78, 5) is 25.1. The topological polar surface area (TPSA) is 78.9 Å². The van der Waals surface area contributed by atoms with Gasteiger partial charge in [0.15, 0.2) is 6.10 Å². The Morgan fingerprint density at radius 1 is 1.35 bits per heavy atom. The maximum absolute atomic E-state index is 12.1. The van der Waals surface area contributed by atoms with E-state index in [2.05, 4.69) is 5.32 Å². The highest BCUT2D eigenvalue weighted by molar-refractivity contribution is 5.97. The summed E-state index contributed by atoms with van der Waals surface area (Å²) < 4.78 is 5.15. The predicted molar refractivity (Wildman–Crippen MR) is 75.6 cm³/mol. The molecule has 0 saturated heterocycles. The zero-order chi connectivity index (χ0) is 15.1. The van der Waals surface area contributed by atoms with Crippen molar-refractivity contribution in [3.8, 4) is 0 Å². The van der Waals surface area contributed by atoms with Gasteiger partial charge in [-0.1, -0.05) is 12.1 Å². The number of esters is 1. The van der Waals surface area contributed by atoms with Crippen molar-refractivity contribution in [2.24, 2.45) is 0 Å². The van der Waals surface area contributed by atoms with Gasteiger partial charge in [-0.3, -0.25) is 4.79 Å². The highest BCUT2D eigenvalue weighted by atomic mass is 16.5. The van der Waals surface area contributed by atoms with E-state index in [4.69, 9.17) is 9.84 Å². The Morgan fingerprint density at radius 2 is 2.00 bits per heavy atom. The fraction of sp³-hybridized carbons (Fsp3) is 0.429. The summed E-state index contributed by atoms with van der Waals surface area (Å²) in [5.74, 6) is -0.854. The van der Waals surface area contributed by atoms with E-state index in [9.17, 15) is 9.59 Å². The van der Waals surface area contributed by atoms with Gasteiger partial charge < -0.3 is 20.1 Å². The van der Waals surface area contributed by atoms with Crippen molar-refractivity contribution in [1.82, 2.24) is 4.90 Å². The fourth-order valence-corrected chi connectivity index (χ4v) is 1.64.